The first-order valence-electron chi connectivity index (χ1n) is 8.98. The Hall–Kier alpha value is -3.93. The number of amides is 1. The maximum Gasteiger partial charge on any atom is 0.287 e. The van der Waals surface area contributed by atoms with Gasteiger partial charge < -0.3 is 14.5 Å². The maximum absolute atomic E-state index is 13.2. The number of carbonyl (C=O) groups excluding carboxylic acids is 1. The normalized spacial score (nSPS) is 10.5. The van der Waals surface area contributed by atoms with Crippen LogP contribution in [0.4, 0.5) is 4.39 Å². The van der Waals surface area contributed by atoms with Crippen LogP contribution in [0.2, 0.25) is 0 Å². The highest BCUT2D eigenvalue weighted by Crippen LogP contribution is 2.25. The fourth-order valence-corrected chi connectivity index (χ4v) is 2.82. The molecule has 29 heavy (non-hydrogen) atoms. The lowest BCUT2D eigenvalue weighted by Crippen LogP contribution is -2.22. The van der Waals surface area contributed by atoms with Crippen LogP contribution in [0.25, 0.3) is 11.1 Å². The van der Waals surface area contributed by atoms with Crippen LogP contribution in [0.3, 0.4) is 0 Å². The molecule has 0 aliphatic heterocycles. The Kier molecular flexibility index (Phi) is 5.33. The summed E-state index contributed by atoms with van der Waals surface area (Å²) in [7, 11) is 0. The first-order chi connectivity index (χ1) is 14.2. The quantitative estimate of drug-likeness (QED) is 0.493. The Balaban J connectivity index is 1.38. The molecule has 0 fully saturated rings. The summed E-state index contributed by atoms with van der Waals surface area (Å²) in [6.45, 7) is 0.279. The SMILES string of the molecule is O=C(NCc1ccc(Oc2cccc(F)c2)nc1)c1occc1-c1ccccc1. The molecule has 4 rings (SSSR count). The zero-order chi connectivity index (χ0) is 20.1. The van der Waals surface area contributed by atoms with Gasteiger partial charge in [-0.05, 0) is 29.3 Å². The van der Waals surface area contributed by atoms with Crippen LogP contribution in [0, 0.1) is 5.82 Å². The topological polar surface area (TPSA) is 64.4 Å². The van der Waals surface area contributed by atoms with E-state index < -0.39 is 0 Å². The molecule has 1 amide bonds. The molecule has 0 saturated carbocycles. The zero-order valence-electron chi connectivity index (χ0n) is 15.3. The lowest BCUT2D eigenvalue weighted by molar-refractivity contribution is 0.0924. The van der Waals surface area contributed by atoms with Gasteiger partial charge in [0, 0.05) is 30.4 Å². The molecular formula is C23H17FN2O3. The third-order valence-corrected chi connectivity index (χ3v) is 4.23. The average molecular weight is 388 g/mol. The van der Waals surface area contributed by atoms with E-state index in [0.717, 1.165) is 16.7 Å². The van der Waals surface area contributed by atoms with Crippen molar-refractivity contribution < 1.29 is 18.3 Å². The number of pyridine rings is 1. The fourth-order valence-electron chi connectivity index (χ4n) is 2.82. The van der Waals surface area contributed by atoms with Gasteiger partial charge in [0.1, 0.15) is 11.6 Å². The second kappa shape index (κ2) is 8.39. The minimum atomic E-state index is -0.380. The molecule has 0 spiro atoms. The van der Waals surface area contributed by atoms with E-state index in [-0.39, 0.29) is 24.0 Å². The molecule has 2 heterocycles. The van der Waals surface area contributed by atoms with Crippen LogP contribution in [0.5, 0.6) is 11.6 Å². The van der Waals surface area contributed by atoms with E-state index in [1.54, 1.807) is 36.5 Å². The smallest absolute Gasteiger partial charge is 0.287 e. The summed E-state index contributed by atoms with van der Waals surface area (Å²) in [4.78, 5) is 16.7. The molecule has 1 N–H and O–H groups in total. The molecule has 0 unspecified atom stereocenters. The molecular weight excluding hydrogens is 371 g/mol. The molecule has 144 valence electrons. The highest BCUT2D eigenvalue weighted by molar-refractivity contribution is 5.98. The summed E-state index contributed by atoms with van der Waals surface area (Å²) in [5.41, 5.74) is 2.43. The van der Waals surface area contributed by atoms with Crippen molar-refractivity contribution in [2.75, 3.05) is 0 Å². The zero-order valence-corrected chi connectivity index (χ0v) is 15.3. The van der Waals surface area contributed by atoms with Gasteiger partial charge in [-0.3, -0.25) is 4.79 Å². The van der Waals surface area contributed by atoms with Crippen LogP contribution in [0.1, 0.15) is 16.1 Å². The number of ether oxygens (including phenoxy) is 1. The van der Waals surface area contributed by atoms with Crippen molar-refractivity contribution in [1.82, 2.24) is 10.3 Å². The minimum Gasteiger partial charge on any atom is -0.459 e. The predicted molar refractivity (Wildman–Crippen MR) is 106 cm³/mol. The van der Waals surface area contributed by atoms with E-state index in [0.29, 0.717) is 11.6 Å². The van der Waals surface area contributed by atoms with Gasteiger partial charge in [0.15, 0.2) is 5.76 Å². The van der Waals surface area contributed by atoms with Gasteiger partial charge >= 0.3 is 0 Å². The number of benzene rings is 2. The molecule has 0 aliphatic carbocycles. The molecule has 5 nitrogen and oxygen atoms in total. The van der Waals surface area contributed by atoms with Crippen LogP contribution in [-0.2, 0) is 6.54 Å². The van der Waals surface area contributed by atoms with Crippen LogP contribution < -0.4 is 10.1 Å². The van der Waals surface area contributed by atoms with Crippen molar-refractivity contribution in [3.05, 3.63) is 102 Å². The van der Waals surface area contributed by atoms with Crippen molar-refractivity contribution in [2.45, 2.75) is 6.54 Å². The minimum absolute atomic E-state index is 0.259. The third-order valence-electron chi connectivity index (χ3n) is 4.23. The first-order valence-corrected chi connectivity index (χ1v) is 8.98. The number of nitrogens with one attached hydrogen (secondary N) is 1. The lowest BCUT2D eigenvalue weighted by atomic mass is 10.1. The summed E-state index contributed by atoms with van der Waals surface area (Å²) in [6.07, 6.45) is 3.09. The average Bonchev–Trinajstić information content (AvgIpc) is 3.24. The van der Waals surface area contributed by atoms with Gasteiger partial charge in [0.25, 0.3) is 5.91 Å². The molecule has 2 aromatic heterocycles. The molecule has 0 bridgehead atoms. The van der Waals surface area contributed by atoms with Gasteiger partial charge in [-0.15, -0.1) is 0 Å². The molecule has 0 saturated heterocycles. The summed E-state index contributed by atoms with van der Waals surface area (Å²) in [5.74, 6) is 0.270. The van der Waals surface area contributed by atoms with Crippen molar-refractivity contribution >= 4 is 5.91 Å². The number of furan rings is 1. The van der Waals surface area contributed by atoms with E-state index in [4.69, 9.17) is 9.15 Å². The van der Waals surface area contributed by atoms with Gasteiger partial charge in [0.05, 0.1) is 6.26 Å². The monoisotopic (exact) mass is 388 g/mol. The number of rotatable bonds is 6. The second-order valence-electron chi connectivity index (χ2n) is 6.28. The summed E-state index contributed by atoms with van der Waals surface area (Å²) in [5, 5.41) is 2.83. The predicted octanol–water partition coefficient (Wildman–Crippen LogP) is 5.20. The number of nitrogens with zero attached hydrogens (tertiary/aromatic N) is 1. The van der Waals surface area contributed by atoms with Gasteiger partial charge in [-0.25, -0.2) is 9.37 Å². The Bertz CT molecular complexity index is 1110. The summed E-state index contributed by atoms with van der Waals surface area (Å²) >= 11 is 0. The molecule has 4 aromatic rings. The van der Waals surface area contributed by atoms with Crippen LogP contribution in [0.15, 0.2) is 89.7 Å². The van der Waals surface area contributed by atoms with E-state index in [2.05, 4.69) is 10.3 Å². The molecule has 0 radical (unpaired) electrons. The standard InChI is InChI=1S/C23H17FN2O3/c24-18-7-4-8-19(13-18)29-21-10-9-16(14-25-21)15-26-23(27)22-20(11-12-28-22)17-5-2-1-3-6-17/h1-14H,15H2,(H,26,27). The van der Waals surface area contributed by atoms with Crippen molar-refractivity contribution in [3.63, 3.8) is 0 Å². The number of hydrogen-bond acceptors (Lipinski definition) is 4. The second-order valence-corrected chi connectivity index (χ2v) is 6.28. The lowest BCUT2D eigenvalue weighted by Gasteiger charge is -2.07. The number of aromatic nitrogens is 1. The number of hydrogen-bond donors (Lipinski definition) is 1. The third kappa shape index (κ3) is 4.50. The first kappa shape index (κ1) is 18.4. The van der Waals surface area contributed by atoms with E-state index in [1.165, 1.54) is 18.4 Å². The van der Waals surface area contributed by atoms with E-state index in [9.17, 15) is 9.18 Å². The molecule has 2 aromatic carbocycles. The Morgan fingerprint density at radius 1 is 1.03 bits per heavy atom. The van der Waals surface area contributed by atoms with Crippen LogP contribution >= 0.6 is 0 Å². The number of carbonyl (C=O) groups is 1. The van der Waals surface area contributed by atoms with E-state index >= 15 is 0 Å². The van der Waals surface area contributed by atoms with E-state index in [1.807, 2.05) is 30.3 Å². The Morgan fingerprint density at radius 3 is 2.66 bits per heavy atom. The molecule has 0 aliphatic rings. The number of halogens is 1. The Labute approximate surface area is 166 Å². The van der Waals surface area contributed by atoms with Crippen molar-refractivity contribution in [3.8, 4) is 22.8 Å². The molecule has 0 atom stereocenters. The highest BCUT2D eigenvalue weighted by Gasteiger charge is 2.16. The summed E-state index contributed by atoms with van der Waals surface area (Å²) in [6, 6.07) is 20.6. The van der Waals surface area contributed by atoms with Crippen molar-refractivity contribution in [2.24, 2.45) is 0 Å². The Morgan fingerprint density at radius 2 is 1.90 bits per heavy atom. The van der Waals surface area contributed by atoms with Gasteiger partial charge in [0.2, 0.25) is 5.88 Å². The van der Waals surface area contributed by atoms with Gasteiger partial charge in [-0.2, -0.15) is 0 Å². The fraction of sp³-hybridized carbons (Fsp3) is 0.0435. The molecule has 6 heteroatoms. The maximum atomic E-state index is 13.2. The van der Waals surface area contributed by atoms with Crippen LogP contribution in [-0.4, -0.2) is 10.9 Å². The summed E-state index contributed by atoms with van der Waals surface area (Å²) < 4.78 is 24.1. The largest absolute Gasteiger partial charge is 0.459 e. The highest BCUT2D eigenvalue weighted by atomic mass is 19.1. The van der Waals surface area contributed by atoms with Gasteiger partial charge in [-0.1, -0.05) is 42.5 Å². The van der Waals surface area contributed by atoms with Crippen molar-refractivity contribution in [1.29, 1.82) is 0 Å².